The molecular weight excluding hydrogens is 308 g/mol. The molecule has 2 N–H and O–H groups in total. The van der Waals surface area contributed by atoms with Crippen molar-refractivity contribution < 1.29 is 14.9 Å². The zero-order valence-corrected chi connectivity index (χ0v) is 12.8. The van der Waals surface area contributed by atoms with Gasteiger partial charge in [-0.3, -0.25) is 0 Å². The lowest BCUT2D eigenvalue weighted by Crippen LogP contribution is -2.38. The molecule has 106 valence electrons. The van der Waals surface area contributed by atoms with E-state index < -0.39 is 11.7 Å². The maximum atomic E-state index is 10.4. The van der Waals surface area contributed by atoms with Crippen LogP contribution in [-0.2, 0) is 0 Å². The SMILES string of the molecule is C[C@@H](O)c1ccc(Br)cc1OCC1(O)CCCCC1. The summed E-state index contributed by atoms with van der Waals surface area (Å²) in [5.41, 5.74) is 0.0406. The van der Waals surface area contributed by atoms with Gasteiger partial charge in [0.15, 0.2) is 0 Å². The Kier molecular flexibility index (Phi) is 4.87. The van der Waals surface area contributed by atoms with Crippen molar-refractivity contribution in [1.82, 2.24) is 0 Å². The molecule has 0 amide bonds. The van der Waals surface area contributed by atoms with Crippen LogP contribution in [0.25, 0.3) is 0 Å². The van der Waals surface area contributed by atoms with Crippen LogP contribution in [0.1, 0.15) is 50.7 Å². The van der Waals surface area contributed by atoms with Crippen LogP contribution in [0.2, 0.25) is 0 Å². The van der Waals surface area contributed by atoms with Gasteiger partial charge in [0.25, 0.3) is 0 Å². The molecule has 1 aliphatic carbocycles. The molecule has 0 aromatic heterocycles. The molecule has 1 aromatic carbocycles. The highest BCUT2D eigenvalue weighted by Gasteiger charge is 2.30. The number of aliphatic hydroxyl groups is 2. The van der Waals surface area contributed by atoms with Crippen LogP contribution in [0.3, 0.4) is 0 Å². The number of hydrogen-bond donors (Lipinski definition) is 2. The molecule has 0 heterocycles. The molecular formula is C15H21BrO3. The van der Waals surface area contributed by atoms with Crippen molar-refractivity contribution >= 4 is 15.9 Å². The molecule has 0 radical (unpaired) electrons. The second-order valence-corrected chi connectivity index (χ2v) is 6.35. The molecule has 0 aliphatic heterocycles. The summed E-state index contributed by atoms with van der Waals surface area (Å²) in [6.07, 6.45) is 4.32. The van der Waals surface area contributed by atoms with Crippen LogP contribution in [-0.4, -0.2) is 22.4 Å². The molecule has 1 aliphatic rings. The summed E-state index contributed by atoms with van der Waals surface area (Å²) in [5.74, 6) is 0.642. The minimum absolute atomic E-state index is 0.295. The molecule has 4 heteroatoms. The maximum absolute atomic E-state index is 10.4. The van der Waals surface area contributed by atoms with E-state index in [4.69, 9.17) is 4.74 Å². The highest BCUT2D eigenvalue weighted by molar-refractivity contribution is 9.10. The van der Waals surface area contributed by atoms with Gasteiger partial charge in [-0.05, 0) is 31.9 Å². The van der Waals surface area contributed by atoms with E-state index in [9.17, 15) is 10.2 Å². The molecule has 2 rings (SSSR count). The van der Waals surface area contributed by atoms with Gasteiger partial charge in [0.2, 0.25) is 0 Å². The van der Waals surface area contributed by atoms with Crippen LogP contribution in [0, 0.1) is 0 Å². The summed E-state index contributed by atoms with van der Waals surface area (Å²) in [5, 5.41) is 20.2. The average Bonchev–Trinajstić information content (AvgIpc) is 2.37. The van der Waals surface area contributed by atoms with E-state index in [2.05, 4.69) is 15.9 Å². The Bertz CT molecular complexity index is 425. The zero-order chi connectivity index (χ0) is 13.9. The molecule has 1 fully saturated rings. The normalized spacial score (nSPS) is 20.0. The standard InChI is InChI=1S/C15H21BrO3/c1-11(17)13-6-5-12(16)9-14(13)19-10-15(18)7-3-2-4-8-15/h5-6,9,11,17-18H,2-4,7-8,10H2,1H3/t11-/m1/s1. The van der Waals surface area contributed by atoms with Gasteiger partial charge in [0.1, 0.15) is 12.4 Å². The van der Waals surface area contributed by atoms with Gasteiger partial charge in [0, 0.05) is 10.0 Å². The first-order chi connectivity index (χ1) is 9.00. The van der Waals surface area contributed by atoms with E-state index in [0.29, 0.717) is 12.4 Å². The summed E-state index contributed by atoms with van der Waals surface area (Å²) < 4.78 is 6.69. The first kappa shape index (κ1) is 14.8. The molecule has 1 aromatic rings. The first-order valence-corrected chi connectivity index (χ1v) is 7.62. The first-order valence-electron chi connectivity index (χ1n) is 6.83. The van der Waals surface area contributed by atoms with Crippen molar-refractivity contribution in [1.29, 1.82) is 0 Å². The van der Waals surface area contributed by atoms with E-state index in [0.717, 1.165) is 35.7 Å². The van der Waals surface area contributed by atoms with E-state index in [1.54, 1.807) is 6.92 Å². The molecule has 0 bridgehead atoms. The summed E-state index contributed by atoms with van der Waals surface area (Å²) in [6.45, 7) is 2.01. The predicted molar refractivity (Wildman–Crippen MR) is 78.3 cm³/mol. The van der Waals surface area contributed by atoms with Crippen LogP contribution < -0.4 is 4.74 Å². The summed E-state index contributed by atoms with van der Waals surface area (Å²) in [4.78, 5) is 0. The maximum Gasteiger partial charge on any atom is 0.126 e. The van der Waals surface area contributed by atoms with Crippen LogP contribution in [0.5, 0.6) is 5.75 Å². The monoisotopic (exact) mass is 328 g/mol. The Hall–Kier alpha value is -0.580. The van der Waals surface area contributed by atoms with Gasteiger partial charge in [0.05, 0.1) is 11.7 Å². The lowest BCUT2D eigenvalue weighted by atomic mass is 9.85. The second-order valence-electron chi connectivity index (χ2n) is 5.43. The number of aliphatic hydroxyl groups excluding tert-OH is 1. The van der Waals surface area contributed by atoms with Gasteiger partial charge >= 0.3 is 0 Å². The second kappa shape index (κ2) is 6.25. The zero-order valence-electron chi connectivity index (χ0n) is 11.2. The largest absolute Gasteiger partial charge is 0.490 e. The van der Waals surface area contributed by atoms with Crippen molar-refractivity contribution in [2.45, 2.75) is 50.7 Å². The lowest BCUT2D eigenvalue weighted by molar-refractivity contribution is -0.0345. The lowest BCUT2D eigenvalue weighted by Gasteiger charge is -2.32. The fourth-order valence-electron chi connectivity index (χ4n) is 2.54. The predicted octanol–water partition coefficient (Wildman–Crippen LogP) is 3.58. The Labute approximate surface area is 122 Å². The third kappa shape index (κ3) is 3.94. The van der Waals surface area contributed by atoms with Crippen molar-refractivity contribution in [2.24, 2.45) is 0 Å². The number of halogens is 1. The molecule has 1 atom stereocenters. The van der Waals surface area contributed by atoms with Crippen LogP contribution in [0.4, 0.5) is 0 Å². The molecule has 3 nitrogen and oxygen atoms in total. The van der Waals surface area contributed by atoms with Crippen molar-refractivity contribution in [2.75, 3.05) is 6.61 Å². The highest BCUT2D eigenvalue weighted by Crippen LogP contribution is 2.32. The molecule has 1 saturated carbocycles. The molecule has 0 spiro atoms. The van der Waals surface area contributed by atoms with Gasteiger partial charge < -0.3 is 14.9 Å². The van der Waals surface area contributed by atoms with E-state index in [-0.39, 0.29) is 0 Å². The Morgan fingerprint density at radius 2 is 2.00 bits per heavy atom. The van der Waals surface area contributed by atoms with Crippen molar-refractivity contribution in [3.05, 3.63) is 28.2 Å². The molecule has 19 heavy (non-hydrogen) atoms. The van der Waals surface area contributed by atoms with Gasteiger partial charge in [-0.1, -0.05) is 41.3 Å². The number of hydrogen-bond acceptors (Lipinski definition) is 3. The van der Waals surface area contributed by atoms with E-state index >= 15 is 0 Å². The number of rotatable bonds is 4. The van der Waals surface area contributed by atoms with E-state index in [1.165, 1.54) is 6.42 Å². The molecule has 0 unspecified atom stereocenters. The van der Waals surface area contributed by atoms with Crippen LogP contribution in [0.15, 0.2) is 22.7 Å². The third-order valence-corrected chi connectivity index (χ3v) is 4.20. The minimum atomic E-state index is -0.712. The van der Waals surface area contributed by atoms with Gasteiger partial charge in [-0.2, -0.15) is 0 Å². The van der Waals surface area contributed by atoms with Gasteiger partial charge in [-0.15, -0.1) is 0 Å². The van der Waals surface area contributed by atoms with Crippen LogP contribution >= 0.6 is 15.9 Å². The fraction of sp³-hybridized carbons (Fsp3) is 0.600. The highest BCUT2D eigenvalue weighted by atomic mass is 79.9. The summed E-state index contributed by atoms with van der Waals surface area (Å²) >= 11 is 3.40. The quantitative estimate of drug-likeness (QED) is 0.888. The van der Waals surface area contributed by atoms with Crippen molar-refractivity contribution in [3.63, 3.8) is 0 Å². The molecule has 0 saturated heterocycles. The van der Waals surface area contributed by atoms with Gasteiger partial charge in [-0.25, -0.2) is 0 Å². The number of ether oxygens (including phenoxy) is 1. The smallest absolute Gasteiger partial charge is 0.126 e. The van der Waals surface area contributed by atoms with Crippen molar-refractivity contribution in [3.8, 4) is 5.75 Å². The minimum Gasteiger partial charge on any atom is -0.490 e. The Morgan fingerprint density at radius 3 is 2.63 bits per heavy atom. The fourth-order valence-corrected chi connectivity index (χ4v) is 2.88. The topological polar surface area (TPSA) is 49.7 Å². The Balaban J connectivity index is 2.07. The number of benzene rings is 1. The summed E-state index contributed by atoms with van der Waals surface area (Å²) in [6, 6.07) is 5.56. The van der Waals surface area contributed by atoms with E-state index in [1.807, 2.05) is 18.2 Å². The average molecular weight is 329 g/mol. The third-order valence-electron chi connectivity index (χ3n) is 3.71. The summed E-state index contributed by atoms with van der Waals surface area (Å²) in [7, 11) is 0. The Morgan fingerprint density at radius 1 is 1.32 bits per heavy atom.